The first-order valence-corrected chi connectivity index (χ1v) is 6.55. The van der Waals surface area contributed by atoms with Gasteiger partial charge in [-0.15, -0.1) is 24.0 Å². The molecular weight excluding hydrogens is 301 g/mol. The Labute approximate surface area is 129 Å². The van der Waals surface area contributed by atoms with Gasteiger partial charge in [0, 0.05) is 25.6 Å². The Morgan fingerprint density at radius 3 is 2.75 bits per heavy atom. The number of halogens is 2. The van der Waals surface area contributed by atoms with E-state index in [4.69, 9.17) is 22.1 Å². The van der Waals surface area contributed by atoms with Crippen LogP contribution in [-0.4, -0.2) is 36.8 Å². The molecule has 0 bridgehead atoms. The number of piperidine rings is 1. The van der Waals surface area contributed by atoms with Crippen molar-refractivity contribution in [3.8, 4) is 0 Å². The van der Waals surface area contributed by atoms with Crippen LogP contribution < -0.4 is 16.4 Å². The van der Waals surface area contributed by atoms with E-state index in [1.54, 1.807) is 31.4 Å². The monoisotopic (exact) mass is 319 g/mol. The fourth-order valence-electron chi connectivity index (χ4n) is 2.09. The standard InChI is InChI=1S/C13H18ClN3O2.ClH/c1-19-11-7-13(15,10(14)8-16-11)17-12(18)9-5-3-2-4-6-9;/h2-6,10-11,16H,7-8,15H2,1H3,(H,17,18);1H. The summed E-state index contributed by atoms with van der Waals surface area (Å²) in [6.45, 7) is 0.478. The second-order valence-corrected chi connectivity index (χ2v) is 5.19. The van der Waals surface area contributed by atoms with E-state index in [0.717, 1.165) is 0 Å². The molecular formula is C13H19Cl2N3O2. The average Bonchev–Trinajstić information content (AvgIpc) is 2.43. The Hall–Kier alpha value is -0.850. The van der Waals surface area contributed by atoms with Crippen molar-refractivity contribution < 1.29 is 9.53 Å². The summed E-state index contributed by atoms with van der Waals surface area (Å²) in [5.74, 6) is -0.231. The number of rotatable bonds is 3. The number of methoxy groups -OCH3 is 1. The number of carbonyl (C=O) groups excluding carboxylic acids is 1. The lowest BCUT2D eigenvalue weighted by atomic mass is 9.96. The van der Waals surface area contributed by atoms with Crippen molar-refractivity contribution in [3.63, 3.8) is 0 Å². The predicted molar refractivity (Wildman–Crippen MR) is 81.1 cm³/mol. The van der Waals surface area contributed by atoms with Gasteiger partial charge in [-0.05, 0) is 12.1 Å². The Balaban J connectivity index is 0.00000200. The molecule has 0 radical (unpaired) electrons. The molecule has 5 nitrogen and oxygen atoms in total. The maximum Gasteiger partial charge on any atom is 0.252 e. The van der Waals surface area contributed by atoms with Gasteiger partial charge in [0.1, 0.15) is 11.9 Å². The van der Waals surface area contributed by atoms with Crippen molar-refractivity contribution in [2.75, 3.05) is 13.7 Å². The van der Waals surface area contributed by atoms with Gasteiger partial charge in [-0.2, -0.15) is 0 Å². The SMILES string of the molecule is COC1CC(N)(NC(=O)c2ccccc2)C(Cl)CN1.Cl. The number of carbonyl (C=O) groups is 1. The summed E-state index contributed by atoms with van der Waals surface area (Å²) in [4.78, 5) is 12.1. The third-order valence-corrected chi connectivity index (χ3v) is 3.82. The summed E-state index contributed by atoms with van der Waals surface area (Å²) in [5, 5.41) is 5.52. The summed E-state index contributed by atoms with van der Waals surface area (Å²) < 4.78 is 5.22. The zero-order chi connectivity index (χ0) is 13.9. The number of alkyl halides is 1. The lowest BCUT2D eigenvalue weighted by molar-refractivity contribution is 0.0183. The van der Waals surface area contributed by atoms with Gasteiger partial charge in [0.05, 0.1) is 5.38 Å². The molecule has 7 heteroatoms. The average molecular weight is 320 g/mol. The van der Waals surface area contributed by atoms with Crippen molar-refractivity contribution in [1.82, 2.24) is 10.6 Å². The largest absolute Gasteiger partial charge is 0.366 e. The van der Waals surface area contributed by atoms with E-state index in [1.807, 2.05) is 6.07 Å². The van der Waals surface area contributed by atoms with Crippen LogP contribution in [-0.2, 0) is 4.74 Å². The second kappa shape index (κ2) is 7.24. The maximum atomic E-state index is 12.1. The predicted octanol–water partition coefficient (Wildman–Crippen LogP) is 1.07. The molecule has 0 aromatic heterocycles. The lowest BCUT2D eigenvalue weighted by Gasteiger charge is -2.42. The molecule has 1 aliphatic rings. The van der Waals surface area contributed by atoms with E-state index in [1.165, 1.54) is 0 Å². The third kappa shape index (κ3) is 3.84. The van der Waals surface area contributed by atoms with Crippen LogP contribution in [0.25, 0.3) is 0 Å². The molecule has 0 spiro atoms. The van der Waals surface area contributed by atoms with E-state index >= 15 is 0 Å². The van der Waals surface area contributed by atoms with Crippen molar-refractivity contribution in [2.45, 2.75) is 23.7 Å². The van der Waals surface area contributed by atoms with Gasteiger partial charge in [0.15, 0.2) is 0 Å². The van der Waals surface area contributed by atoms with Gasteiger partial charge in [0.2, 0.25) is 0 Å². The van der Waals surface area contributed by atoms with Crippen molar-refractivity contribution >= 4 is 29.9 Å². The molecule has 1 aromatic carbocycles. The van der Waals surface area contributed by atoms with Gasteiger partial charge in [-0.3, -0.25) is 10.1 Å². The third-order valence-electron chi connectivity index (χ3n) is 3.27. The van der Waals surface area contributed by atoms with Gasteiger partial charge in [-0.1, -0.05) is 18.2 Å². The summed E-state index contributed by atoms with van der Waals surface area (Å²) in [6, 6.07) is 8.92. The quantitative estimate of drug-likeness (QED) is 0.575. The van der Waals surface area contributed by atoms with E-state index in [2.05, 4.69) is 10.6 Å². The van der Waals surface area contributed by atoms with Crippen LogP contribution in [0.15, 0.2) is 30.3 Å². The zero-order valence-corrected chi connectivity index (χ0v) is 12.7. The summed E-state index contributed by atoms with van der Waals surface area (Å²) in [7, 11) is 1.59. The van der Waals surface area contributed by atoms with Crippen LogP contribution in [0, 0.1) is 0 Å². The minimum absolute atomic E-state index is 0. The molecule has 20 heavy (non-hydrogen) atoms. The molecule has 2 rings (SSSR count). The van der Waals surface area contributed by atoms with Crippen LogP contribution in [0.5, 0.6) is 0 Å². The molecule has 1 saturated heterocycles. The Kier molecular flexibility index (Phi) is 6.23. The number of nitrogens with one attached hydrogen (secondary N) is 2. The molecule has 0 saturated carbocycles. The highest BCUT2D eigenvalue weighted by Gasteiger charge is 2.41. The highest BCUT2D eigenvalue weighted by Crippen LogP contribution is 2.22. The highest BCUT2D eigenvalue weighted by molar-refractivity contribution is 6.22. The van der Waals surface area contributed by atoms with Crippen LogP contribution >= 0.6 is 24.0 Å². The lowest BCUT2D eigenvalue weighted by Crippen LogP contribution is -2.69. The maximum absolute atomic E-state index is 12.1. The molecule has 1 aliphatic heterocycles. The minimum atomic E-state index is -0.986. The van der Waals surface area contributed by atoms with E-state index < -0.39 is 11.0 Å². The van der Waals surface area contributed by atoms with Crippen LogP contribution in [0.4, 0.5) is 0 Å². The number of amides is 1. The highest BCUT2D eigenvalue weighted by atomic mass is 35.5. The molecule has 3 unspecified atom stereocenters. The van der Waals surface area contributed by atoms with Crippen LogP contribution in [0.1, 0.15) is 16.8 Å². The first kappa shape index (κ1) is 17.2. The molecule has 3 atom stereocenters. The smallest absolute Gasteiger partial charge is 0.252 e. The number of hydrogen-bond acceptors (Lipinski definition) is 4. The van der Waals surface area contributed by atoms with E-state index in [-0.39, 0.29) is 24.5 Å². The Morgan fingerprint density at radius 1 is 1.50 bits per heavy atom. The van der Waals surface area contributed by atoms with Crippen molar-refractivity contribution in [1.29, 1.82) is 0 Å². The van der Waals surface area contributed by atoms with Crippen molar-refractivity contribution in [3.05, 3.63) is 35.9 Å². The minimum Gasteiger partial charge on any atom is -0.366 e. The molecule has 1 heterocycles. The van der Waals surface area contributed by atoms with Crippen LogP contribution in [0.3, 0.4) is 0 Å². The zero-order valence-electron chi connectivity index (χ0n) is 11.1. The van der Waals surface area contributed by atoms with Gasteiger partial charge in [0.25, 0.3) is 5.91 Å². The summed E-state index contributed by atoms with van der Waals surface area (Å²) in [5.41, 5.74) is 5.80. The van der Waals surface area contributed by atoms with Gasteiger partial charge < -0.3 is 15.8 Å². The number of benzene rings is 1. The molecule has 112 valence electrons. The summed E-state index contributed by atoms with van der Waals surface area (Å²) in [6.07, 6.45) is 0.201. The van der Waals surface area contributed by atoms with E-state index in [9.17, 15) is 4.79 Å². The fraction of sp³-hybridized carbons (Fsp3) is 0.462. The Morgan fingerprint density at radius 2 is 2.15 bits per heavy atom. The number of nitrogens with two attached hydrogens (primary N) is 1. The van der Waals surface area contributed by atoms with Crippen LogP contribution in [0.2, 0.25) is 0 Å². The van der Waals surface area contributed by atoms with E-state index in [0.29, 0.717) is 18.5 Å². The topological polar surface area (TPSA) is 76.4 Å². The Bertz CT molecular complexity index is 447. The normalized spacial score (nSPS) is 29.4. The molecule has 4 N–H and O–H groups in total. The number of ether oxygens (including phenoxy) is 1. The molecule has 1 amide bonds. The molecule has 1 fully saturated rings. The fourth-order valence-corrected chi connectivity index (χ4v) is 2.33. The first-order chi connectivity index (χ1) is 9.05. The van der Waals surface area contributed by atoms with Gasteiger partial charge in [-0.25, -0.2) is 0 Å². The van der Waals surface area contributed by atoms with Gasteiger partial charge >= 0.3 is 0 Å². The molecule has 1 aromatic rings. The molecule has 0 aliphatic carbocycles. The first-order valence-electron chi connectivity index (χ1n) is 6.12. The van der Waals surface area contributed by atoms with Crippen molar-refractivity contribution in [2.24, 2.45) is 5.73 Å². The summed E-state index contributed by atoms with van der Waals surface area (Å²) >= 11 is 6.22. The second-order valence-electron chi connectivity index (χ2n) is 4.66. The number of hydrogen-bond donors (Lipinski definition) is 3.